The third kappa shape index (κ3) is 5.25. The lowest BCUT2D eigenvalue weighted by atomic mass is 10.2. The zero-order valence-electron chi connectivity index (χ0n) is 10.6. The molecule has 1 aromatic carbocycles. The predicted molar refractivity (Wildman–Crippen MR) is 72.5 cm³/mol. The SMILES string of the molecule is COc1cc(C)ccc1OCC(=O)NCCN.Cl. The van der Waals surface area contributed by atoms with Crippen molar-refractivity contribution in [1.82, 2.24) is 5.32 Å². The summed E-state index contributed by atoms with van der Waals surface area (Å²) in [5.74, 6) is 0.982. The van der Waals surface area contributed by atoms with E-state index in [1.165, 1.54) is 0 Å². The zero-order chi connectivity index (χ0) is 12.7. The Morgan fingerprint density at radius 1 is 1.39 bits per heavy atom. The first-order chi connectivity index (χ1) is 8.17. The Morgan fingerprint density at radius 2 is 2.11 bits per heavy atom. The lowest BCUT2D eigenvalue weighted by Crippen LogP contribution is -2.32. The maximum atomic E-state index is 11.3. The minimum atomic E-state index is -0.196. The summed E-state index contributed by atoms with van der Waals surface area (Å²) in [7, 11) is 1.57. The first-order valence-corrected chi connectivity index (χ1v) is 5.41. The van der Waals surface area contributed by atoms with E-state index in [1.807, 2.05) is 19.1 Å². The molecule has 0 radical (unpaired) electrons. The molecule has 3 N–H and O–H groups in total. The number of aryl methyl sites for hydroxylation is 1. The molecule has 1 amide bonds. The molecule has 6 heteroatoms. The van der Waals surface area contributed by atoms with Gasteiger partial charge >= 0.3 is 0 Å². The third-order valence-electron chi connectivity index (χ3n) is 2.14. The molecule has 0 aromatic heterocycles. The van der Waals surface area contributed by atoms with Crippen molar-refractivity contribution in [3.8, 4) is 11.5 Å². The summed E-state index contributed by atoms with van der Waals surface area (Å²) in [5.41, 5.74) is 6.34. The van der Waals surface area contributed by atoms with Gasteiger partial charge in [0.25, 0.3) is 5.91 Å². The number of hydrogen-bond donors (Lipinski definition) is 2. The van der Waals surface area contributed by atoms with E-state index in [0.717, 1.165) is 5.56 Å². The molecule has 1 aromatic rings. The molecule has 0 aliphatic carbocycles. The number of rotatable bonds is 6. The second-order valence-corrected chi connectivity index (χ2v) is 3.58. The first-order valence-electron chi connectivity index (χ1n) is 5.41. The average Bonchev–Trinajstić information content (AvgIpc) is 2.34. The second-order valence-electron chi connectivity index (χ2n) is 3.58. The van der Waals surface area contributed by atoms with Gasteiger partial charge in [0.05, 0.1) is 7.11 Å². The van der Waals surface area contributed by atoms with E-state index in [1.54, 1.807) is 13.2 Å². The minimum Gasteiger partial charge on any atom is -0.493 e. The number of ether oxygens (including phenoxy) is 2. The highest BCUT2D eigenvalue weighted by molar-refractivity contribution is 5.85. The summed E-state index contributed by atoms with van der Waals surface area (Å²) in [6.45, 7) is 2.78. The van der Waals surface area contributed by atoms with Crippen LogP contribution in [0.25, 0.3) is 0 Å². The number of amides is 1. The molecule has 0 heterocycles. The monoisotopic (exact) mass is 274 g/mol. The summed E-state index contributed by atoms with van der Waals surface area (Å²) in [4.78, 5) is 11.3. The normalized spacial score (nSPS) is 9.28. The third-order valence-corrected chi connectivity index (χ3v) is 2.14. The van der Waals surface area contributed by atoms with Crippen LogP contribution < -0.4 is 20.5 Å². The van der Waals surface area contributed by atoms with Gasteiger partial charge in [-0.25, -0.2) is 0 Å². The molecule has 0 unspecified atom stereocenters. The van der Waals surface area contributed by atoms with Gasteiger partial charge in [0, 0.05) is 13.1 Å². The molecular formula is C12H19ClN2O3. The standard InChI is InChI=1S/C12H18N2O3.ClH/c1-9-3-4-10(11(7-9)16-2)17-8-12(15)14-6-5-13;/h3-4,7H,5-6,8,13H2,1-2H3,(H,14,15);1H. The van der Waals surface area contributed by atoms with Gasteiger partial charge in [-0.2, -0.15) is 0 Å². The van der Waals surface area contributed by atoms with Crippen LogP contribution in [0.5, 0.6) is 11.5 Å². The van der Waals surface area contributed by atoms with Gasteiger partial charge in [0.15, 0.2) is 18.1 Å². The summed E-state index contributed by atoms with van der Waals surface area (Å²) in [6, 6.07) is 5.53. The fourth-order valence-corrected chi connectivity index (χ4v) is 1.30. The van der Waals surface area contributed by atoms with Gasteiger partial charge in [0.2, 0.25) is 0 Å². The minimum absolute atomic E-state index is 0. The quantitative estimate of drug-likeness (QED) is 0.808. The Kier molecular flexibility index (Phi) is 7.91. The average molecular weight is 275 g/mol. The van der Waals surface area contributed by atoms with Crippen molar-refractivity contribution in [2.75, 3.05) is 26.8 Å². The van der Waals surface area contributed by atoms with Crippen LogP contribution in [0, 0.1) is 6.92 Å². The van der Waals surface area contributed by atoms with Gasteiger partial charge in [0.1, 0.15) is 0 Å². The zero-order valence-corrected chi connectivity index (χ0v) is 11.4. The molecule has 1 rings (SSSR count). The molecule has 0 spiro atoms. The van der Waals surface area contributed by atoms with Crippen LogP contribution in [0.15, 0.2) is 18.2 Å². The van der Waals surface area contributed by atoms with Crippen molar-refractivity contribution in [3.63, 3.8) is 0 Å². The number of nitrogens with one attached hydrogen (secondary N) is 1. The van der Waals surface area contributed by atoms with Crippen molar-refractivity contribution in [2.45, 2.75) is 6.92 Å². The Hall–Kier alpha value is -1.46. The van der Waals surface area contributed by atoms with E-state index in [2.05, 4.69) is 5.32 Å². The summed E-state index contributed by atoms with van der Waals surface area (Å²) >= 11 is 0. The van der Waals surface area contributed by atoms with Crippen molar-refractivity contribution in [1.29, 1.82) is 0 Å². The number of benzene rings is 1. The van der Waals surface area contributed by atoms with Crippen molar-refractivity contribution < 1.29 is 14.3 Å². The summed E-state index contributed by atoms with van der Waals surface area (Å²) in [5, 5.41) is 2.62. The molecular weight excluding hydrogens is 256 g/mol. The van der Waals surface area contributed by atoms with Gasteiger partial charge in [-0.15, -0.1) is 12.4 Å². The molecule has 0 saturated heterocycles. The molecule has 0 bridgehead atoms. The van der Waals surface area contributed by atoms with Gasteiger partial charge in [-0.1, -0.05) is 6.07 Å². The Bertz CT molecular complexity index is 386. The highest BCUT2D eigenvalue weighted by atomic mass is 35.5. The Labute approximate surface area is 113 Å². The smallest absolute Gasteiger partial charge is 0.257 e. The number of halogens is 1. The van der Waals surface area contributed by atoms with Crippen LogP contribution in [0.1, 0.15) is 5.56 Å². The van der Waals surface area contributed by atoms with E-state index < -0.39 is 0 Å². The fourth-order valence-electron chi connectivity index (χ4n) is 1.30. The van der Waals surface area contributed by atoms with Crippen molar-refractivity contribution in [2.24, 2.45) is 5.73 Å². The lowest BCUT2D eigenvalue weighted by Gasteiger charge is -2.11. The molecule has 0 aliphatic heterocycles. The number of methoxy groups -OCH3 is 1. The van der Waals surface area contributed by atoms with Gasteiger partial charge < -0.3 is 20.5 Å². The number of hydrogen-bond acceptors (Lipinski definition) is 4. The van der Waals surface area contributed by atoms with E-state index >= 15 is 0 Å². The van der Waals surface area contributed by atoms with Crippen molar-refractivity contribution in [3.05, 3.63) is 23.8 Å². The van der Waals surface area contributed by atoms with Crippen LogP contribution in [0.4, 0.5) is 0 Å². The van der Waals surface area contributed by atoms with E-state index in [-0.39, 0.29) is 24.9 Å². The fraction of sp³-hybridized carbons (Fsp3) is 0.417. The van der Waals surface area contributed by atoms with Crippen LogP contribution in [-0.4, -0.2) is 32.7 Å². The largest absolute Gasteiger partial charge is 0.493 e. The lowest BCUT2D eigenvalue weighted by molar-refractivity contribution is -0.123. The topological polar surface area (TPSA) is 73.6 Å². The van der Waals surface area contributed by atoms with Crippen LogP contribution in [-0.2, 0) is 4.79 Å². The number of carbonyl (C=O) groups excluding carboxylic acids is 1. The van der Waals surface area contributed by atoms with Crippen molar-refractivity contribution >= 4 is 18.3 Å². The van der Waals surface area contributed by atoms with Crippen LogP contribution in [0.3, 0.4) is 0 Å². The maximum absolute atomic E-state index is 11.3. The van der Waals surface area contributed by atoms with Crippen LogP contribution >= 0.6 is 12.4 Å². The number of nitrogens with two attached hydrogens (primary N) is 1. The highest BCUT2D eigenvalue weighted by Crippen LogP contribution is 2.27. The van der Waals surface area contributed by atoms with Crippen LogP contribution in [0.2, 0.25) is 0 Å². The van der Waals surface area contributed by atoms with E-state index in [4.69, 9.17) is 15.2 Å². The molecule has 102 valence electrons. The Balaban J connectivity index is 0.00000289. The summed E-state index contributed by atoms with van der Waals surface area (Å²) in [6.07, 6.45) is 0. The van der Waals surface area contributed by atoms with E-state index in [0.29, 0.717) is 24.6 Å². The van der Waals surface area contributed by atoms with Gasteiger partial charge in [-0.05, 0) is 24.6 Å². The maximum Gasteiger partial charge on any atom is 0.257 e. The predicted octanol–water partition coefficient (Wildman–Crippen LogP) is 0.879. The Morgan fingerprint density at radius 3 is 2.72 bits per heavy atom. The highest BCUT2D eigenvalue weighted by Gasteiger charge is 2.06. The molecule has 0 saturated carbocycles. The van der Waals surface area contributed by atoms with E-state index in [9.17, 15) is 4.79 Å². The molecule has 18 heavy (non-hydrogen) atoms. The molecule has 0 aliphatic rings. The second kappa shape index (κ2) is 8.60. The molecule has 0 fully saturated rings. The summed E-state index contributed by atoms with van der Waals surface area (Å²) < 4.78 is 10.5. The molecule has 5 nitrogen and oxygen atoms in total. The number of carbonyl (C=O) groups is 1. The molecule has 0 atom stereocenters. The van der Waals surface area contributed by atoms with Gasteiger partial charge in [-0.3, -0.25) is 4.79 Å². The first kappa shape index (κ1) is 16.5.